The third-order valence-corrected chi connectivity index (χ3v) is 5.60. The van der Waals surface area contributed by atoms with Crippen molar-refractivity contribution in [3.8, 4) is 0 Å². The predicted octanol–water partition coefficient (Wildman–Crippen LogP) is 3.93. The van der Waals surface area contributed by atoms with Gasteiger partial charge in [0, 0.05) is 55.3 Å². The number of hydrogen-bond acceptors (Lipinski definition) is 5. The Balaban J connectivity index is 0.000000312. The van der Waals surface area contributed by atoms with Crippen LogP contribution in [0.3, 0.4) is 0 Å². The fourth-order valence-corrected chi connectivity index (χ4v) is 3.67. The molecule has 0 bridgehead atoms. The van der Waals surface area contributed by atoms with Crippen LogP contribution in [0.1, 0.15) is 49.5 Å². The Hall–Kier alpha value is -3.10. The van der Waals surface area contributed by atoms with Crippen molar-refractivity contribution in [2.45, 2.75) is 39.2 Å². The Bertz CT molecular complexity index is 1080. The zero-order valence-corrected chi connectivity index (χ0v) is 18.4. The predicted molar refractivity (Wildman–Crippen MR) is 122 cm³/mol. The second kappa shape index (κ2) is 10.5. The molecule has 2 fully saturated rings. The number of piperazine rings is 1. The molecule has 1 saturated carbocycles. The number of carboxylic acids is 1. The summed E-state index contributed by atoms with van der Waals surface area (Å²) in [5.41, 5.74) is 8.00. The summed E-state index contributed by atoms with van der Waals surface area (Å²) in [5.74, 6) is -1.12. The van der Waals surface area contributed by atoms with E-state index in [2.05, 4.69) is 29.2 Å². The Morgan fingerprint density at radius 2 is 2.03 bits per heavy atom. The molecule has 2 heterocycles. The average molecular weight is 445 g/mol. The molecule has 1 aromatic carbocycles. The van der Waals surface area contributed by atoms with Crippen molar-refractivity contribution in [2.24, 2.45) is 11.0 Å². The summed E-state index contributed by atoms with van der Waals surface area (Å²) in [6.07, 6.45) is 4.28. The number of aromatic nitrogens is 1. The lowest BCUT2D eigenvalue weighted by molar-refractivity contribution is 0.0695. The molecule has 2 N–H and O–H groups in total. The van der Waals surface area contributed by atoms with Gasteiger partial charge in [-0.2, -0.15) is 0 Å². The number of azide groups is 1. The van der Waals surface area contributed by atoms with E-state index in [0.717, 1.165) is 32.4 Å². The van der Waals surface area contributed by atoms with Crippen LogP contribution >= 0.6 is 0 Å². The fraction of sp³-hybridized carbons (Fsp3) is 0.545. The molecule has 2 aromatic rings. The van der Waals surface area contributed by atoms with Gasteiger partial charge >= 0.3 is 5.97 Å². The summed E-state index contributed by atoms with van der Waals surface area (Å²) in [4.78, 5) is 28.3. The van der Waals surface area contributed by atoms with Crippen molar-refractivity contribution < 1.29 is 14.3 Å². The second-order valence-corrected chi connectivity index (χ2v) is 8.51. The van der Waals surface area contributed by atoms with E-state index in [1.54, 1.807) is 6.07 Å². The molecule has 2 aliphatic rings. The second-order valence-electron chi connectivity index (χ2n) is 8.51. The van der Waals surface area contributed by atoms with Crippen LogP contribution in [0.15, 0.2) is 28.2 Å². The molecule has 9 nitrogen and oxygen atoms in total. The first-order valence-electron chi connectivity index (χ1n) is 10.9. The van der Waals surface area contributed by atoms with Crippen molar-refractivity contribution in [3.63, 3.8) is 0 Å². The number of benzene rings is 1. The van der Waals surface area contributed by atoms with Gasteiger partial charge in [-0.05, 0) is 42.8 Å². The van der Waals surface area contributed by atoms with Gasteiger partial charge in [-0.1, -0.05) is 19.0 Å². The number of carbonyl (C=O) groups is 1. The van der Waals surface area contributed by atoms with Gasteiger partial charge in [0.1, 0.15) is 11.4 Å². The molecule has 1 aliphatic heterocycles. The molecule has 0 atom stereocenters. The van der Waals surface area contributed by atoms with Gasteiger partial charge in [-0.25, -0.2) is 9.18 Å². The number of halogens is 1. The van der Waals surface area contributed by atoms with E-state index in [0.29, 0.717) is 36.8 Å². The number of rotatable bonds is 6. The van der Waals surface area contributed by atoms with Crippen molar-refractivity contribution in [2.75, 3.05) is 37.6 Å². The molecule has 4 rings (SSSR count). The monoisotopic (exact) mass is 444 g/mol. The SMILES string of the molecule is CC(C)CCN=[N+]=[N-].O=C(O)c1cn(C2CC2)c2cc(N3CCNCC3)c(F)cc2c1=O. The first-order valence-corrected chi connectivity index (χ1v) is 10.9. The third-order valence-electron chi connectivity index (χ3n) is 5.60. The summed E-state index contributed by atoms with van der Waals surface area (Å²) >= 11 is 0. The van der Waals surface area contributed by atoms with E-state index in [4.69, 9.17) is 5.53 Å². The Labute approximate surface area is 185 Å². The number of fused-ring (bicyclic) bond motifs is 1. The van der Waals surface area contributed by atoms with E-state index >= 15 is 0 Å². The highest BCUT2D eigenvalue weighted by atomic mass is 19.1. The third kappa shape index (κ3) is 5.57. The highest BCUT2D eigenvalue weighted by Gasteiger charge is 2.28. The first-order chi connectivity index (χ1) is 15.3. The number of hydrogen-bond donors (Lipinski definition) is 2. The number of pyridine rings is 1. The van der Waals surface area contributed by atoms with Crippen LogP contribution in [0, 0.1) is 11.7 Å². The van der Waals surface area contributed by atoms with E-state index in [-0.39, 0.29) is 17.0 Å². The number of anilines is 1. The van der Waals surface area contributed by atoms with Gasteiger partial charge in [0.25, 0.3) is 0 Å². The van der Waals surface area contributed by atoms with Gasteiger partial charge in [-0.15, -0.1) is 0 Å². The van der Waals surface area contributed by atoms with Crippen LogP contribution in [0.5, 0.6) is 0 Å². The molecule has 0 amide bonds. The molecular weight excluding hydrogens is 415 g/mol. The first kappa shape index (κ1) is 23.6. The summed E-state index contributed by atoms with van der Waals surface area (Å²) in [6.45, 7) is 7.80. The molecule has 32 heavy (non-hydrogen) atoms. The van der Waals surface area contributed by atoms with Crippen LogP contribution in [0.25, 0.3) is 21.3 Å². The summed E-state index contributed by atoms with van der Waals surface area (Å²) < 4.78 is 16.4. The van der Waals surface area contributed by atoms with Gasteiger partial charge in [0.15, 0.2) is 0 Å². The molecule has 172 valence electrons. The number of nitrogens with one attached hydrogen (secondary N) is 1. The number of nitrogens with zero attached hydrogens (tertiary/aromatic N) is 5. The minimum absolute atomic E-state index is 0.137. The maximum absolute atomic E-state index is 14.6. The fourth-order valence-electron chi connectivity index (χ4n) is 3.67. The minimum Gasteiger partial charge on any atom is -0.477 e. The topological polar surface area (TPSA) is 123 Å². The number of aromatic carboxylic acids is 1. The van der Waals surface area contributed by atoms with E-state index < -0.39 is 17.2 Å². The van der Waals surface area contributed by atoms with E-state index in [9.17, 15) is 19.1 Å². The smallest absolute Gasteiger partial charge is 0.341 e. The van der Waals surface area contributed by atoms with Gasteiger partial charge in [0.05, 0.1) is 11.2 Å². The molecule has 0 radical (unpaired) electrons. The van der Waals surface area contributed by atoms with Gasteiger partial charge < -0.3 is 19.9 Å². The lowest BCUT2D eigenvalue weighted by atomic mass is 10.1. The lowest BCUT2D eigenvalue weighted by Crippen LogP contribution is -2.43. The molecule has 1 saturated heterocycles. The van der Waals surface area contributed by atoms with Gasteiger partial charge in [-0.3, -0.25) is 4.79 Å². The zero-order valence-electron chi connectivity index (χ0n) is 18.4. The van der Waals surface area contributed by atoms with Crippen LogP contribution in [-0.2, 0) is 0 Å². The zero-order chi connectivity index (χ0) is 23.3. The summed E-state index contributed by atoms with van der Waals surface area (Å²) in [7, 11) is 0. The van der Waals surface area contributed by atoms with Crippen LogP contribution in [0.2, 0.25) is 0 Å². The highest BCUT2D eigenvalue weighted by Crippen LogP contribution is 2.38. The molecule has 0 unspecified atom stereocenters. The Kier molecular flexibility index (Phi) is 7.71. The normalized spacial score (nSPS) is 15.8. The van der Waals surface area contributed by atoms with Gasteiger partial charge in [0.2, 0.25) is 5.43 Å². The van der Waals surface area contributed by atoms with Crippen molar-refractivity contribution in [3.05, 3.63) is 50.4 Å². The van der Waals surface area contributed by atoms with Crippen molar-refractivity contribution in [1.29, 1.82) is 0 Å². The maximum atomic E-state index is 14.6. The maximum Gasteiger partial charge on any atom is 0.341 e. The molecular formula is C22H29FN6O3. The molecule has 10 heteroatoms. The Morgan fingerprint density at radius 3 is 2.59 bits per heavy atom. The molecule has 0 spiro atoms. The molecule has 1 aromatic heterocycles. The minimum atomic E-state index is -1.28. The molecule has 1 aliphatic carbocycles. The van der Waals surface area contributed by atoms with E-state index in [1.807, 2.05) is 9.47 Å². The summed E-state index contributed by atoms with van der Waals surface area (Å²) in [5, 5.41) is 16.0. The standard InChI is InChI=1S/C17H18FN3O3.C5H11N3/c18-13-7-11-14(8-15(13)20-5-3-19-4-6-20)21(10-1-2-10)9-12(16(11)22)17(23)24;1-5(2)3-4-7-8-6/h7-10,19H,1-6H2,(H,23,24);5H,3-4H2,1-2H3. The largest absolute Gasteiger partial charge is 0.477 e. The summed E-state index contributed by atoms with van der Waals surface area (Å²) in [6, 6.07) is 3.08. The highest BCUT2D eigenvalue weighted by molar-refractivity contribution is 5.93. The quantitative estimate of drug-likeness (QED) is 0.397. The van der Waals surface area contributed by atoms with Crippen LogP contribution < -0.4 is 15.6 Å². The average Bonchev–Trinajstić information content (AvgIpc) is 3.60. The van der Waals surface area contributed by atoms with Crippen molar-refractivity contribution in [1.82, 2.24) is 9.88 Å². The number of carboxylic acid groups (broad SMARTS) is 1. The van der Waals surface area contributed by atoms with E-state index in [1.165, 1.54) is 12.3 Å². The lowest BCUT2D eigenvalue weighted by Gasteiger charge is -2.30. The van der Waals surface area contributed by atoms with Crippen molar-refractivity contribution >= 4 is 22.6 Å². The van der Waals surface area contributed by atoms with Crippen LogP contribution in [-0.4, -0.2) is 48.4 Å². The van der Waals surface area contributed by atoms with Crippen LogP contribution in [0.4, 0.5) is 10.1 Å². The Morgan fingerprint density at radius 1 is 1.34 bits per heavy atom.